The lowest BCUT2D eigenvalue weighted by atomic mass is 10.1. The van der Waals surface area contributed by atoms with E-state index >= 15 is 0 Å². The summed E-state index contributed by atoms with van der Waals surface area (Å²) in [5, 5.41) is 1.54. The molecule has 0 aliphatic rings. The van der Waals surface area contributed by atoms with Crippen molar-refractivity contribution in [1.29, 1.82) is 0 Å². The molecule has 1 atom stereocenters. The van der Waals surface area contributed by atoms with E-state index in [0.29, 0.717) is 0 Å². The zero-order chi connectivity index (χ0) is 13.7. The molecule has 2 rings (SSSR count). The summed E-state index contributed by atoms with van der Waals surface area (Å²) >= 11 is 7.46. The van der Waals surface area contributed by atoms with Crippen LogP contribution < -0.4 is 5.73 Å². The van der Waals surface area contributed by atoms with Gasteiger partial charge >= 0.3 is 0 Å². The maximum absolute atomic E-state index is 5.85. The minimum Gasteiger partial charge on any atom is -0.328 e. The monoisotopic (exact) mass is 293 g/mol. The number of aromatic nitrogens is 2. The third-order valence-electron chi connectivity index (χ3n) is 2.52. The molecule has 1 heterocycles. The maximum atomic E-state index is 5.85. The zero-order valence-electron chi connectivity index (χ0n) is 10.7. The van der Waals surface area contributed by atoms with E-state index < -0.39 is 0 Å². The molecule has 0 fully saturated rings. The molecule has 2 N–H and O–H groups in total. The topological polar surface area (TPSA) is 51.8 Å². The maximum Gasteiger partial charge on any atom is 0.187 e. The van der Waals surface area contributed by atoms with Crippen LogP contribution in [0.1, 0.15) is 18.1 Å². The Kier molecular flexibility index (Phi) is 5.19. The Morgan fingerprint density at radius 1 is 1.16 bits per heavy atom. The summed E-state index contributed by atoms with van der Waals surface area (Å²) in [5.74, 6) is 0.837. The van der Waals surface area contributed by atoms with Gasteiger partial charge in [-0.1, -0.05) is 35.5 Å². The van der Waals surface area contributed by atoms with Gasteiger partial charge in [0.2, 0.25) is 0 Å². The van der Waals surface area contributed by atoms with E-state index in [2.05, 4.69) is 9.97 Å². The summed E-state index contributed by atoms with van der Waals surface area (Å²) in [7, 11) is 0. The summed E-state index contributed by atoms with van der Waals surface area (Å²) in [6.07, 6.45) is 4.50. The minimum atomic E-state index is 0.135. The van der Waals surface area contributed by atoms with Crippen molar-refractivity contribution < 1.29 is 0 Å². The van der Waals surface area contributed by atoms with Gasteiger partial charge < -0.3 is 5.73 Å². The molecule has 1 aromatic heterocycles. The van der Waals surface area contributed by atoms with E-state index in [9.17, 15) is 0 Å². The first-order valence-corrected chi connectivity index (χ1v) is 7.43. The van der Waals surface area contributed by atoms with E-state index in [1.54, 1.807) is 11.8 Å². The predicted molar refractivity (Wildman–Crippen MR) is 80.4 cm³/mol. The van der Waals surface area contributed by atoms with Gasteiger partial charge in [0.15, 0.2) is 5.16 Å². The van der Waals surface area contributed by atoms with Gasteiger partial charge in [0.1, 0.15) is 0 Å². The quantitative estimate of drug-likeness (QED) is 0.679. The summed E-state index contributed by atoms with van der Waals surface area (Å²) in [6.45, 7) is 1.98. The molecule has 0 bridgehead atoms. The molecule has 100 valence electrons. The fraction of sp³-hybridized carbons (Fsp3) is 0.286. The predicted octanol–water partition coefficient (Wildman–Crippen LogP) is 3.31. The highest BCUT2D eigenvalue weighted by molar-refractivity contribution is 7.98. The van der Waals surface area contributed by atoms with Crippen molar-refractivity contribution in [2.24, 2.45) is 5.73 Å². The number of thioether (sulfide) groups is 1. The molecule has 2 aromatic rings. The number of nitrogens with zero attached hydrogens (tertiary/aromatic N) is 2. The van der Waals surface area contributed by atoms with Crippen molar-refractivity contribution in [2.45, 2.75) is 30.3 Å². The number of halogens is 1. The molecule has 0 aliphatic carbocycles. The third-order valence-corrected chi connectivity index (χ3v) is 3.72. The second-order valence-corrected chi connectivity index (χ2v) is 5.85. The van der Waals surface area contributed by atoms with Crippen molar-refractivity contribution in [2.75, 3.05) is 0 Å². The molecule has 19 heavy (non-hydrogen) atoms. The average molecular weight is 294 g/mol. The van der Waals surface area contributed by atoms with Gasteiger partial charge in [-0.3, -0.25) is 0 Å². The van der Waals surface area contributed by atoms with E-state index in [-0.39, 0.29) is 6.04 Å². The van der Waals surface area contributed by atoms with Crippen LogP contribution in [0, 0.1) is 0 Å². The van der Waals surface area contributed by atoms with E-state index in [0.717, 1.165) is 27.9 Å². The molecule has 0 spiro atoms. The normalized spacial score (nSPS) is 12.4. The molecule has 3 nitrogen and oxygen atoms in total. The highest BCUT2D eigenvalue weighted by Crippen LogP contribution is 2.20. The Balaban J connectivity index is 1.91. The van der Waals surface area contributed by atoms with Gasteiger partial charge in [0.25, 0.3) is 0 Å². The summed E-state index contributed by atoms with van der Waals surface area (Å²) in [5.41, 5.74) is 8.02. The van der Waals surface area contributed by atoms with Crippen LogP contribution in [-0.4, -0.2) is 16.0 Å². The Morgan fingerprint density at radius 3 is 2.37 bits per heavy atom. The van der Waals surface area contributed by atoms with Crippen LogP contribution in [0.25, 0.3) is 0 Å². The van der Waals surface area contributed by atoms with Crippen LogP contribution >= 0.6 is 23.4 Å². The largest absolute Gasteiger partial charge is 0.328 e. The van der Waals surface area contributed by atoms with Crippen molar-refractivity contribution in [3.63, 3.8) is 0 Å². The lowest BCUT2D eigenvalue weighted by molar-refractivity contribution is 0.727. The van der Waals surface area contributed by atoms with Crippen molar-refractivity contribution in [3.8, 4) is 0 Å². The summed E-state index contributed by atoms with van der Waals surface area (Å²) in [4.78, 5) is 8.67. The van der Waals surface area contributed by atoms with E-state index in [4.69, 9.17) is 17.3 Å². The minimum absolute atomic E-state index is 0.135. The first kappa shape index (κ1) is 14.3. The standard InChI is InChI=1S/C14H16ClN3S/c1-10(16)6-12-7-17-14(18-8-12)19-9-11-2-4-13(15)5-3-11/h2-5,7-8,10H,6,9,16H2,1H3. The van der Waals surface area contributed by atoms with Gasteiger partial charge in [-0.05, 0) is 36.6 Å². The summed E-state index contributed by atoms with van der Waals surface area (Å²) in [6, 6.07) is 7.95. The molecule has 1 unspecified atom stereocenters. The Hall–Kier alpha value is -1.10. The van der Waals surface area contributed by atoms with Crippen LogP contribution in [-0.2, 0) is 12.2 Å². The molecule has 0 saturated heterocycles. The molecular weight excluding hydrogens is 278 g/mol. The van der Waals surface area contributed by atoms with Crippen LogP contribution in [0.5, 0.6) is 0 Å². The molecular formula is C14H16ClN3S. The van der Waals surface area contributed by atoms with Crippen LogP contribution in [0.4, 0.5) is 0 Å². The number of rotatable bonds is 5. The molecule has 1 aromatic carbocycles. The Bertz CT molecular complexity index is 511. The lowest BCUT2D eigenvalue weighted by Gasteiger charge is -2.05. The van der Waals surface area contributed by atoms with Crippen LogP contribution in [0.2, 0.25) is 5.02 Å². The molecule has 0 aliphatic heterocycles. The zero-order valence-corrected chi connectivity index (χ0v) is 12.3. The second-order valence-electron chi connectivity index (χ2n) is 4.47. The Morgan fingerprint density at radius 2 is 1.79 bits per heavy atom. The fourth-order valence-corrected chi connectivity index (χ4v) is 2.49. The number of hydrogen-bond donors (Lipinski definition) is 1. The highest BCUT2D eigenvalue weighted by Gasteiger charge is 2.02. The lowest BCUT2D eigenvalue weighted by Crippen LogP contribution is -2.17. The van der Waals surface area contributed by atoms with Crippen molar-refractivity contribution in [3.05, 3.63) is 52.8 Å². The molecule has 5 heteroatoms. The number of nitrogens with two attached hydrogens (primary N) is 1. The van der Waals surface area contributed by atoms with Gasteiger partial charge in [0.05, 0.1) is 0 Å². The van der Waals surface area contributed by atoms with Crippen molar-refractivity contribution >= 4 is 23.4 Å². The third kappa shape index (κ3) is 4.82. The van der Waals surface area contributed by atoms with Gasteiger partial charge in [-0.15, -0.1) is 0 Å². The van der Waals surface area contributed by atoms with E-state index in [1.807, 2.05) is 43.6 Å². The molecule has 0 saturated carbocycles. The van der Waals surface area contributed by atoms with Gasteiger partial charge in [-0.2, -0.15) is 0 Å². The number of benzene rings is 1. The first-order valence-electron chi connectivity index (χ1n) is 6.07. The SMILES string of the molecule is CC(N)Cc1cnc(SCc2ccc(Cl)cc2)nc1. The molecule has 0 amide bonds. The molecule has 0 radical (unpaired) electrons. The highest BCUT2D eigenvalue weighted by atomic mass is 35.5. The average Bonchev–Trinajstić information content (AvgIpc) is 2.39. The fourth-order valence-electron chi connectivity index (χ4n) is 1.62. The smallest absolute Gasteiger partial charge is 0.187 e. The van der Waals surface area contributed by atoms with Crippen molar-refractivity contribution in [1.82, 2.24) is 9.97 Å². The first-order chi connectivity index (χ1) is 9.13. The Labute approximate surface area is 122 Å². The van der Waals surface area contributed by atoms with Gasteiger partial charge in [-0.25, -0.2) is 9.97 Å². The van der Waals surface area contributed by atoms with Gasteiger partial charge in [0, 0.05) is 29.2 Å². The summed E-state index contributed by atoms with van der Waals surface area (Å²) < 4.78 is 0. The van der Waals surface area contributed by atoms with Crippen LogP contribution in [0.3, 0.4) is 0 Å². The number of hydrogen-bond acceptors (Lipinski definition) is 4. The van der Waals surface area contributed by atoms with E-state index in [1.165, 1.54) is 5.56 Å². The van der Waals surface area contributed by atoms with Crippen LogP contribution in [0.15, 0.2) is 41.8 Å². The second kappa shape index (κ2) is 6.89.